The zero-order valence-corrected chi connectivity index (χ0v) is 21.9. The fourth-order valence-electron chi connectivity index (χ4n) is 4.95. The number of carbonyl (C=O) groups is 1. The van der Waals surface area contributed by atoms with Gasteiger partial charge in [-0.1, -0.05) is 60.2 Å². The van der Waals surface area contributed by atoms with Crippen LogP contribution in [0.4, 0.5) is 13.2 Å². The van der Waals surface area contributed by atoms with Crippen molar-refractivity contribution in [3.8, 4) is 0 Å². The number of carbonyl (C=O) groups excluding carboxylic acids is 1. The fourth-order valence-corrected chi connectivity index (χ4v) is 4.95. The number of alkyl halides is 3. The molecule has 5 nitrogen and oxygen atoms in total. The number of rotatable bonds is 7. The molecule has 40 heavy (non-hydrogen) atoms. The van der Waals surface area contributed by atoms with Gasteiger partial charge in [0, 0.05) is 23.3 Å². The quantitative estimate of drug-likeness (QED) is 0.239. The molecule has 204 valence electrons. The number of amides is 1. The van der Waals surface area contributed by atoms with Crippen molar-refractivity contribution in [1.29, 1.82) is 0 Å². The first kappa shape index (κ1) is 27.1. The highest BCUT2D eigenvalue weighted by molar-refractivity contribution is 5.83. The standard InChI is InChI=1S/C32H27F3N2O3/c1-20-8-10-26(21(2)16-20)30(23-6-4-3-5-7-23)37-29(38)18-22-9-11-27-24(17-22)19-28(40-27)31(39,32(33,34)35)25-12-14-36-15-13-25/h3-17,19,30,39H,18H2,1-2H3,(H,37,38)/t30-,31?/m0/s1. The maximum absolute atomic E-state index is 14.1. The van der Waals surface area contributed by atoms with Gasteiger partial charge in [0.1, 0.15) is 5.58 Å². The molecule has 2 atom stereocenters. The summed E-state index contributed by atoms with van der Waals surface area (Å²) < 4.78 is 47.9. The molecule has 0 radical (unpaired) electrons. The smallest absolute Gasteiger partial charge is 0.428 e. The van der Waals surface area contributed by atoms with Gasteiger partial charge in [0.25, 0.3) is 0 Å². The second-order valence-corrected chi connectivity index (χ2v) is 9.87. The lowest BCUT2D eigenvalue weighted by molar-refractivity contribution is -0.253. The number of hydrogen-bond donors (Lipinski definition) is 2. The summed E-state index contributed by atoms with van der Waals surface area (Å²) in [5, 5.41) is 14.3. The SMILES string of the molecule is Cc1ccc([C@@H](NC(=O)Cc2ccc3oc(C(O)(c4ccncc4)C(F)(F)F)cc3c2)c2ccccc2)c(C)c1. The molecule has 0 fully saturated rings. The van der Waals surface area contributed by atoms with Gasteiger partial charge < -0.3 is 14.8 Å². The molecule has 0 spiro atoms. The maximum Gasteiger partial charge on any atom is 0.428 e. The van der Waals surface area contributed by atoms with Gasteiger partial charge in [0.15, 0.2) is 5.76 Å². The number of nitrogens with one attached hydrogen (secondary N) is 1. The van der Waals surface area contributed by atoms with Crippen molar-refractivity contribution in [2.75, 3.05) is 0 Å². The van der Waals surface area contributed by atoms with Crippen LogP contribution >= 0.6 is 0 Å². The summed E-state index contributed by atoms with van der Waals surface area (Å²) in [5.41, 5.74) is 1.05. The fraction of sp³-hybridized carbons (Fsp3) is 0.188. The monoisotopic (exact) mass is 544 g/mol. The van der Waals surface area contributed by atoms with Crippen molar-refractivity contribution in [3.63, 3.8) is 0 Å². The predicted molar refractivity (Wildman–Crippen MR) is 146 cm³/mol. The van der Waals surface area contributed by atoms with E-state index >= 15 is 0 Å². The summed E-state index contributed by atoms with van der Waals surface area (Å²) in [4.78, 5) is 17.0. The van der Waals surface area contributed by atoms with Crippen LogP contribution in [0.1, 0.15) is 45.2 Å². The van der Waals surface area contributed by atoms with Gasteiger partial charge in [-0.25, -0.2) is 0 Å². The van der Waals surface area contributed by atoms with E-state index in [0.29, 0.717) is 10.9 Å². The highest BCUT2D eigenvalue weighted by Gasteiger charge is 2.58. The lowest BCUT2D eigenvalue weighted by Gasteiger charge is -2.28. The van der Waals surface area contributed by atoms with Crippen LogP contribution in [0.5, 0.6) is 0 Å². The molecular formula is C32H27F3N2O3. The minimum absolute atomic E-state index is 0.00140. The van der Waals surface area contributed by atoms with E-state index in [2.05, 4.69) is 16.4 Å². The highest BCUT2D eigenvalue weighted by atomic mass is 19.4. The van der Waals surface area contributed by atoms with E-state index in [1.165, 1.54) is 18.5 Å². The molecule has 1 amide bonds. The minimum atomic E-state index is -5.05. The van der Waals surface area contributed by atoms with Crippen molar-refractivity contribution >= 4 is 16.9 Å². The molecule has 0 bridgehead atoms. The zero-order chi connectivity index (χ0) is 28.5. The summed E-state index contributed by atoms with van der Waals surface area (Å²) in [6.07, 6.45) is -2.71. The Morgan fingerprint density at radius 2 is 1.68 bits per heavy atom. The number of fused-ring (bicyclic) bond motifs is 1. The van der Waals surface area contributed by atoms with Gasteiger partial charge in [-0.05, 0) is 66.4 Å². The highest BCUT2D eigenvalue weighted by Crippen LogP contribution is 2.45. The van der Waals surface area contributed by atoms with E-state index in [4.69, 9.17) is 4.42 Å². The Labute approximate surface area is 229 Å². The average Bonchev–Trinajstić information content (AvgIpc) is 3.36. The molecule has 0 saturated carbocycles. The maximum atomic E-state index is 14.1. The van der Waals surface area contributed by atoms with Crippen molar-refractivity contribution in [2.45, 2.75) is 38.1 Å². The number of aromatic nitrogens is 1. The molecule has 1 unspecified atom stereocenters. The van der Waals surface area contributed by atoms with Crippen LogP contribution in [-0.2, 0) is 16.8 Å². The molecule has 0 aliphatic rings. The van der Waals surface area contributed by atoms with E-state index in [9.17, 15) is 23.1 Å². The number of pyridine rings is 1. The van der Waals surface area contributed by atoms with Crippen LogP contribution in [0.15, 0.2) is 102 Å². The Bertz CT molecular complexity index is 1650. The molecular weight excluding hydrogens is 517 g/mol. The van der Waals surface area contributed by atoms with Gasteiger partial charge in [-0.3, -0.25) is 9.78 Å². The number of nitrogens with zero attached hydrogens (tertiary/aromatic N) is 1. The third kappa shape index (κ3) is 5.22. The van der Waals surface area contributed by atoms with Crippen molar-refractivity contribution < 1.29 is 27.5 Å². The molecule has 2 N–H and O–H groups in total. The molecule has 5 aromatic rings. The zero-order valence-electron chi connectivity index (χ0n) is 21.9. The Morgan fingerprint density at radius 3 is 2.35 bits per heavy atom. The number of benzene rings is 3. The van der Waals surface area contributed by atoms with Crippen molar-refractivity contribution in [1.82, 2.24) is 10.3 Å². The Kier molecular flexibility index (Phi) is 7.21. The van der Waals surface area contributed by atoms with E-state index < -0.39 is 23.1 Å². The number of hydrogen-bond acceptors (Lipinski definition) is 4. The second kappa shape index (κ2) is 10.6. The summed E-state index contributed by atoms with van der Waals surface area (Å²) in [7, 11) is 0. The predicted octanol–water partition coefficient (Wildman–Crippen LogP) is 6.69. The molecule has 0 saturated heterocycles. The summed E-state index contributed by atoms with van der Waals surface area (Å²) in [6.45, 7) is 4.01. The lowest BCUT2D eigenvalue weighted by atomic mass is 9.91. The first-order valence-electron chi connectivity index (χ1n) is 12.7. The van der Waals surface area contributed by atoms with E-state index in [1.807, 2.05) is 56.3 Å². The normalized spacial score (nSPS) is 14.1. The number of aliphatic hydroxyl groups is 1. The van der Waals surface area contributed by atoms with Crippen LogP contribution < -0.4 is 5.32 Å². The molecule has 0 aliphatic heterocycles. The lowest BCUT2D eigenvalue weighted by Crippen LogP contribution is -2.43. The number of furan rings is 1. The van der Waals surface area contributed by atoms with Crippen LogP contribution in [0.25, 0.3) is 11.0 Å². The average molecular weight is 545 g/mol. The van der Waals surface area contributed by atoms with Crippen LogP contribution in [0.2, 0.25) is 0 Å². The number of aryl methyl sites for hydroxylation is 2. The van der Waals surface area contributed by atoms with Crippen LogP contribution in [0, 0.1) is 13.8 Å². The van der Waals surface area contributed by atoms with Gasteiger partial charge in [-0.2, -0.15) is 13.2 Å². The van der Waals surface area contributed by atoms with Crippen LogP contribution in [0.3, 0.4) is 0 Å². The summed E-state index contributed by atoms with van der Waals surface area (Å²) in [5.74, 6) is -0.915. The van der Waals surface area contributed by atoms with Gasteiger partial charge in [0.2, 0.25) is 11.5 Å². The first-order valence-corrected chi connectivity index (χ1v) is 12.7. The third-order valence-electron chi connectivity index (χ3n) is 6.98. The van der Waals surface area contributed by atoms with Gasteiger partial charge in [0.05, 0.1) is 12.5 Å². The molecule has 2 heterocycles. The molecule has 3 aromatic carbocycles. The Hall–Kier alpha value is -4.43. The van der Waals surface area contributed by atoms with Crippen molar-refractivity contribution in [2.24, 2.45) is 0 Å². The Morgan fingerprint density at radius 1 is 0.950 bits per heavy atom. The largest absolute Gasteiger partial charge is 0.457 e. The third-order valence-corrected chi connectivity index (χ3v) is 6.98. The van der Waals surface area contributed by atoms with Crippen molar-refractivity contribution in [3.05, 3.63) is 136 Å². The summed E-state index contributed by atoms with van der Waals surface area (Å²) in [6, 6.07) is 23.4. The first-order chi connectivity index (χ1) is 19.1. The van der Waals surface area contributed by atoms with E-state index in [0.717, 1.165) is 40.5 Å². The van der Waals surface area contributed by atoms with Gasteiger partial charge in [-0.15, -0.1) is 0 Å². The van der Waals surface area contributed by atoms with Gasteiger partial charge >= 0.3 is 6.18 Å². The second-order valence-electron chi connectivity index (χ2n) is 9.87. The molecule has 2 aromatic heterocycles. The molecule has 0 aliphatic carbocycles. The number of halogens is 3. The minimum Gasteiger partial charge on any atom is -0.457 e. The topological polar surface area (TPSA) is 75.4 Å². The Balaban J connectivity index is 1.43. The summed E-state index contributed by atoms with van der Waals surface area (Å²) >= 11 is 0. The molecule has 5 rings (SSSR count). The van der Waals surface area contributed by atoms with E-state index in [-0.39, 0.29) is 24.0 Å². The van der Waals surface area contributed by atoms with Crippen LogP contribution in [-0.4, -0.2) is 22.2 Å². The van der Waals surface area contributed by atoms with E-state index in [1.54, 1.807) is 12.1 Å². The molecule has 8 heteroatoms.